The summed E-state index contributed by atoms with van der Waals surface area (Å²) >= 11 is 0. The largest absolute Gasteiger partial charge is 0.356 e. The van der Waals surface area contributed by atoms with Crippen LogP contribution in [0, 0.1) is 17.8 Å². The number of anilines is 1. The van der Waals surface area contributed by atoms with Gasteiger partial charge in [-0.05, 0) is 37.0 Å². The number of carbonyl (C=O) groups excluding carboxylic acids is 2. The van der Waals surface area contributed by atoms with E-state index in [-0.39, 0.29) is 34.3 Å². The van der Waals surface area contributed by atoms with Gasteiger partial charge in [0.2, 0.25) is 11.9 Å². The molecule has 1 aromatic heterocycles. The molecule has 4 N–H and O–H groups in total. The third kappa shape index (κ3) is 5.86. The van der Waals surface area contributed by atoms with Gasteiger partial charge in [-0.1, -0.05) is 20.8 Å². The van der Waals surface area contributed by atoms with E-state index < -0.39 is 6.03 Å². The van der Waals surface area contributed by atoms with Crippen molar-refractivity contribution in [1.29, 1.82) is 0 Å². The lowest BCUT2D eigenvalue weighted by Gasteiger charge is -2.46. The SMILES string of the molecule is CC(=O)NCC1(C)CC(NC(=O)Nc2nc(C)cc(=O)[nH]2)CC(C)(C)C1. The second-order valence-electron chi connectivity index (χ2n) is 8.50. The van der Waals surface area contributed by atoms with Crippen molar-refractivity contribution >= 4 is 17.9 Å². The molecule has 8 heteroatoms. The molecule has 0 saturated heterocycles. The maximum Gasteiger partial charge on any atom is 0.321 e. The Labute approximate surface area is 153 Å². The van der Waals surface area contributed by atoms with Crippen molar-refractivity contribution in [3.8, 4) is 0 Å². The standard InChI is InChI=1S/C18H29N5O3/c1-11-6-14(25)22-15(20-11)23-16(26)21-13-7-17(3,4)9-18(5,8-13)10-19-12(2)24/h6,13H,7-10H2,1-5H3,(H,19,24)(H3,20,21,22,23,25,26). The van der Waals surface area contributed by atoms with Crippen molar-refractivity contribution in [3.05, 3.63) is 22.1 Å². The number of nitrogens with one attached hydrogen (secondary N) is 4. The fraction of sp³-hybridized carbons (Fsp3) is 0.667. The Balaban J connectivity index is 2.03. The lowest BCUT2D eigenvalue weighted by molar-refractivity contribution is -0.119. The minimum Gasteiger partial charge on any atom is -0.356 e. The van der Waals surface area contributed by atoms with Crippen LogP contribution in [0.1, 0.15) is 52.7 Å². The second kappa shape index (κ2) is 7.47. The van der Waals surface area contributed by atoms with Gasteiger partial charge in [-0.15, -0.1) is 0 Å². The molecule has 1 heterocycles. The predicted molar refractivity (Wildman–Crippen MR) is 100.0 cm³/mol. The highest BCUT2D eigenvalue weighted by Crippen LogP contribution is 2.45. The fourth-order valence-electron chi connectivity index (χ4n) is 4.18. The third-order valence-electron chi connectivity index (χ3n) is 4.64. The first-order valence-corrected chi connectivity index (χ1v) is 8.86. The number of rotatable bonds is 4. The molecule has 1 aliphatic carbocycles. The molecule has 0 radical (unpaired) electrons. The molecular weight excluding hydrogens is 334 g/mol. The summed E-state index contributed by atoms with van der Waals surface area (Å²) in [6, 6.07) is 0.928. The van der Waals surface area contributed by atoms with Crippen LogP contribution in [0.15, 0.2) is 10.9 Å². The summed E-state index contributed by atoms with van der Waals surface area (Å²) in [6.07, 6.45) is 2.57. The average molecular weight is 363 g/mol. The highest BCUT2D eigenvalue weighted by molar-refractivity contribution is 5.87. The topological polar surface area (TPSA) is 116 Å². The Bertz CT molecular complexity index is 743. The van der Waals surface area contributed by atoms with Crippen molar-refractivity contribution in [2.24, 2.45) is 10.8 Å². The van der Waals surface area contributed by atoms with E-state index >= 15 is 0 Å². The van der Waals surface area contributed by atoms with E-state index in [1.54, 1.807) is 6.92 Å². The van der Waals surface area contributed by atoms with Crippen LogP contribution in [0.25, 0.3) is 0 Å². The molecule has 26 heavy (non-hydrogen) atoms. The van der Waals surface area contributed by atoms with Crippen LogP contribution < -0.4 is 21.5 Å². The Morgan fingerprint density at radius 3 is 2.62 bits per heavy atom. The van der Waals surface area contributed by atoms with Gasteiger partial charge < -0.3 is 10.6 Å². The number of carbonyl (C=O) groups is 2. The molecule has 0 aromatic carbocycles. The number of amides is 3. The van der Waals surface area contributed by atoms with Crippen molar-refractivity contribution < 1.29 is 9.59 Å². The molecule has 1 aromatic rings. The van der Waals surface area contributed by atoms with Crippen LogP contribution in [-0.4, -0.2) is 34.5 Å². The van der Waals surface area contributed by atoms with Crippen molar-refractivity contribution in [2.45, 2.75) is 59.9 Å². The van der Waals surface area contributed by atoms with Gasteiger partial charge in [0, 0.05) is 31.3 Å². The molecule has 3 amide bonds. The van der Waals surface area contributed by atoms with Crippen LogP contribution in [0.2, 0.25) is 0 Å². The van der Waals surface area contributed by atoms with Crippen molar-refractivity contribution in [1.82, 2.24) is 20.6 Å². The van der Waals surface area contributed by atoms with Gasteiger partial charge in [0.05, 0.1) is 0 Å². The molecule has 0 bridgehead atoms. The highest BCUT2D eigenvalue weighted by Gasteiger charge is 2.41. The summed E-state index contributed by atoms with van der Waals surface area (Å²) in [5.74, 6) is 0.0786. The van der Waals surface area contributed by atoms with Crippen LogP contribution in [0.4, 0.5) is 10.7 Å². The van der Waals surface area contributed by atoms with Crippen LogP contribution in [0.3, 0.4) is 0 Å². The Hall–Kier alpha value is -2.38. The molecule has 2 atom stereocenters. The molecule has 2 unspecified atom stereocenters. The smallest absolute Gasteiger partial charge is 0.321 e. The number of urea groups is 1. The summed E-state index contributed by atoms with van der Waals surface area (Å²) in [5, 5.41) is 8.47. The zero-order valence-electron chi connectivity index (χ0n) is 16.2. The zero-order valence-corrected chi connectivity index (χ0v) is 16.2. The summed E-state index contributed by atoms with van der Waals surface area (Å²) < 4.78 is 0. The molecule has 2 rings (SSSR count). The Kier molecular flexibility index (Phi) is 5.73. The molecule has 0 spiro atoms. The summed E-state index contributed by atoms with van der Waals surface area (Å²) in [6.45, 7) is 10.3. The number of hydrogen-bond donors (Lipinski definition) is 4. The number of aryl methyl sites for hydroxylation is 1. The normalized spacial score (nSPS) is 24.6. The first-order chi connectivity index (χ1) is 12.0. The Morgan fingerprint density at radius 2 is 2.00 bits per heavy atom. The molecular formula is C18H29N5O3. The van der Waals surface area contributed by atoms with Gasteiger partial charge in [-0.25, -0.2) is 9.78 Å². The van der Waals surface area contributed by atoms with Gasteiger partial charge in [0.25, 0.3) is 5.56 Å². The lowest BCUT2D eigenvalue weighted by atomic mass is 9.62. The number of aromatic amines is 1. The number of aromatic nitrogens is 2. The first-order valence-electron chi connectivity index (χ1n) is 8.86. The summed E-state index contributed by atoms with van der Waals surface area (Å²) in [7, 11) is 0. The molecule has 8 nitrogen and oxygen atoms in total. The van der Waals surface area contributed by atoms with E-state index in [9.17, 15) is 14.4 Å². The van der Waals surface area contributed by atoms with Crippen LogP contribution in [0.5, 0.6) is 0 Å². The number of hydrogen-bond acceptors (Lipinski definition) is 4. The molecule has 144 valence electrons. The quantitative estimate of drug-likeness (QED) is 0.654. The van der Waals surface area contributed by atoms with Gasteiger partial charge in [0.1, 0.15) is 0 Å². The maximum atomic E-state index is 12.3. The van der Waals surface area contributed by atoms with Crippen molar-refractivity contribution in [3.63, 3.8) is 0 Å². The molecule has 1 saturated carbocycles. The van der Waals surface area contributed by atoms with Crippen LogP contribution >= 0.6 is 0 Å². The lowest BCUT2D eigenvalue weighted by Crippen LogP contribution is -2.51. The van der Waals surface area contributed by atoms with Gasteiger partial charge in [0.15, 0.2) is 0 Å². The van der Waals surface area contributed by atoms with Gasteiger partial charge in [-0.2, -0.15) is 0 Å². The maximum absolute atomic E-state index is 12.3. The van der Waals surface area contributed by atoms with E-state index in [1.165, 1.54) is 13.0 Å². The van der Waals surface area contributed by atoms with E-state index in [0.29, 0.717) is 12.2 Å². The zero-order chi connectivity index (χ0) is 19.5. The molecule has 1 aliphatic rings. The Morgan fingerprint density at radius 1 is 1.31 bits per heavy atom. The van der Waals surface area contributed by atoms with Crippen molar-refractivity contribution in [2.75, 3.05) is 11.9 Å². The van der Waals surface area contributed by atoms with Gasteiger partial charge >= 0.3 is 6.03 Å². The minimum atomic E-state index is -0.400. The minimum absolute atomic E-state index is 0.0333. The molecule has 1 fully saturated rings. The summed E-state index contributed by atoms with van der Waals surface area (Å²) in [4.78, 5) is 41.7. The highest BCUT2D eigenvalue weighted by atomic mass is 16.2. The average Bonchev–Trinajstić information content (AvgIpc) is 2.41. The first kappa shape index (κ1) is 19.9. The van der Waals surface area contributed by atoms with E-state index in [0.717, 1.165) is 19.3 Å². The predicted octanol–water partition coefficient (Wildman–Crippen LogP) is 1.92. The van der Waals surface area contributed by atoms with E-state index in [4.69, 9.17) is 0 Å². The fourth-order valence-corrected chi connectivity index (χ4v) is 4.18. The number of nitrogens with zero attached hydrogens (tertiary/aromatic N) is 1. The number of H-pyrrole nitrogens is 1. The second-order valence-corrected chi connectivity index (χ2v) is 8.50. The monoisotopic (exact) mass is 363 g/mol. The van der Waals surface area contributed by atoms with Crippen LogP contribution in [-0.2, 0) is 4.79 Å². The van der Waals surface area contributed by atoms with Gasteiger partial charge in [-0.3, -0.25) is 19.9 Å². The van der Waals surface area contributed by atoms with E-state index in [2.05, 4.69) is 46.7 Å². The van der Waals surface area contributed by atoms with E-state index in [1.807, 2.05) is 0 Å². The molecule has 0 aliphatic heterocycles. The third-order valence-corrected chi connectivity index (χ3v) is 4.64. The summed E-state index contributed by atoms with van der Waals surface area (Å²) in [5.41, 5.74) is 0.167.